The minimum Gasteiger partial charge on any atom is -0.497 e. The van der Waals surface area contributed by atoms with Gasteiger partial charge in [0.1, 0.15) is 5.75 Å². The molecular formula is C16H24N2O2. The number of nitrogens with zero attached hydrogens (tertiary/aromatic N) is 1. The Bertz CT molecular complexity index is 474. The molecule has 0 heterocycles. The molecule has 0 spiro atoms. The lowest BCUT2D eigenvalue weighted by molar-refractivity contribution is 0.107. The Hall–Kier alpha value is -1.10. The summed E-state index contributed by atoms with van der Waals surface area (Å²) in [5.41, 5.74) is 9.13. The van der Waals surface area contributed by atoms with Gasteiger partial charge in [-0.15, -0.1) is 0 Å². The van der Waals surface area contributed by atoms with Crippen LogP contribution < -0.4 is 10.5 Å². The molecule has 1 aromatic rings. The summed E-state index contributed by atoms with van der Waals surface area (Å²) < 4.78 is 10.6. The quantitative estimate of drug-likeness (QED) is 0.859. The van der Waals surface area contributed by atoms with E-state index in [1.165, 1.54) is 24.0 Å². The summed E-state index contributed by atoms with van der Waals surface area (Å²) in [6, 6.07) is 7.48. The van der Waals surface area contributed by atoms with E-state index in [1.54, 1.807) is 14.2 Å². The molecule has 1 fully saturated rings. The zero-order valence-corrected chi connectivity index (χ0v) is 12.3. The van der Waals surface area contributed by atoms with E-state index in [9.17, 15) is 0 Å². The van der Waals surface area contributed by atoms with Crippen LogP contribution in [0.25, 0.3) is 0 Å². The van der Waals surface area contributed by atoms with Gasteiger partial charge in [0.05, 0.1) is 13.7 Å². The fourth-order valence-corrected chi connectivity index (χ4v) is 3.30. The fourth-order valence-electron chi connectivity index (χ4n) is 3.30. The van der Waals surface area contributed by atoms with Crippen molar-refractivity contribution in [2.75, 3.05) is 27.4 Å². The summed E-state index contributed by atoms with van der Waals surface area (Å²) in [7, 11) is 3.47. The third-order valence-electron chi connectivity index (χ3n) is 4.55. The van der Waals surface area contributed by atoms with Crippen molar-refractivity contribution in [3.05, 3.63) is 29.3 Å². The van der Waals surface area contributed by atoms with E-state index in [4.69, 9.17) is 15.2 Å². The highest BCUT2D eigenvalue weighted by Gasteiger charge is 2.40. The van der Waals surface area contributed by atoms with Crippen LogP contribution in [0.3, 0.4) is 0 Å². The Morgan fingerprint density at radius 2 is 2.10 bits per heavy atom. The topological polar surface area (TPSA) is 47.7 Å². The van der Waals surface area contributed by atoms with Crippen LogP contribution in [0.1, 0.15) is 30.0 Å². The zero-order chi connectivity index (χ0) is 14.1. The number of nitrogens with two attached hydrogens (primary N) is 1. The van der Waals surface area contributed by atoms with Crippen molar-refractivity contribution in [1.29, 1.82) is 0 Å². The second-order valence-electron chi connectivity index (χ2n) is 5.82. The maximum Gasteiger partial charge on any atom is 0.119 e. The molecule has 2 aliphatic carbocycles. The monoisotopic (exact) mass is 276 g/mol. The van der Waals surface area contributed by atoms with Crippen molar-refractivity contribution in [1.82, 2.24) is 4.90 Å². The molecule has 1 saturated carbocycles. The van der Waals surface area contributed by atoms with Gasteiger partial charge in [0.15, 0.2) is 0 Å². The molecule has 2 unspecified atom stereocenters. The highest BCUT2D eigenvalue weighted by atomic mass is 16.5. The molecule has 0 aromatic heterocycles. The maximum absolute atomic E-state index is 6.51. The van der Waals surface area contributed by atoms with Crippen molar-refractivity contribution < 1.29 is 9.47 Å². The molecule has 20 heavy (non-hydrogen) atoms. The first-order chi connectivity index (χ1) is 9.74. The minimum atomic E-state index is 0.0811. The molecule has 0 aliphatic heterocycles. The second-order valence-corrected chi connectivity index (χ2v) is 5.82. The van der Waals surface area contributed by atoms with Crippen LogP contribution in [0.4, 0.5) is 0 Å². The smallest absolute Gasteiger partial charge is 0.119 e. The standard InChI is InChI=1S/C16H24N2O2/c1-19-8-7-18(12-4-5-12)15-9-11-3-6-13(20-2)10-14(11)16(15)17/h3,6,10,12,15-16H,4-5,7-9,17H2,1-2H3. The van der Waals surface area contributed by atoms with Crippen molar-refractivity contribution >= 4 is 0 Å². The molecule has 3 rings (SSSR count). The average molecular weight is 276 g/mol. The normalized spacial score (nSPS) is 25.0. The Kier molecular flexibility index (Phi) is 3.96. The first kappa shape index (κ1) is 13.9. The van der Waals surface area contributed by atoms with Crippen LogP contribution in [-0.2, 0) is 11.2 Å². The highest BCUT2D eigenvalue weighted by molar-refractivity contribution is 5.42. The summed E-state index contributed by atoms with van der Waals surface area (Å²) in [5, 5.41) is 0. The van der Waals surface area contributed by atoms with Crippen LogP contribution in [0.2, 0.25) is 0 Å². The first-order valence-corrected chi connectivity index (χ1v) is 7.41. The number of hydrogen-bond acceptors (Lipinski definition) is 4. The molecule has 0 saturated heterocycles. The number of fused-ring (bicyclic) bond motifs is 1. The maximum atomic E-state index is 6.51. The van der Waals surface area contributed by atoms with E-state index in [0.29, 0.717) is 12.1 Å². The van der Waals surface area contributed by atoms with Crippen molar-refractivity contribution in [2.45, 2.75) is 37.4 Å². The van der Waals surface area contributed by atoms with E-state index >= 15 is 0 Å². The summed E-state index contributed by atoms with van der Waals surface area (Å²) in [4.78, 5) is 2.56. The highest BCUT2D eigenvalue weighted by Crippen LogP contribution is 2.39. The van der Waals surface area contributed by atoms with Gasteiger partial charge in [-0.25, -0.2) is 0 Å². The van der Waals surface area contributed by atoms with Gasteiger partial charge in [0, 0.05) is 31.8 Å². The van der Waals surface area contributed by atoms with Gasteiger partial charge in [0.25, 0.3) is 0 Å². The van der Waals surface area contributed by atoms with Gasteiger partial charge in [0.2, 0.25) is 0 Å². The third-order valence-corrected chi connectivity index (χ3v) is 4.55. The number of methoxy groups -OCH3 is 2. The molecule has 4 nitrogen and oxygen atoms in total. The van der Waals surface area contributed by atoms with Crippen LogP contribution in [0, 0.1) is 0 Å². The molecule has 4 heteroatoms. The number of benzene rings is 1. The number of hydrogen-bond donors (Lipinski definition) is 1. The molecule has 1 aromatic carbocycles. The predicted octanol–water partition coefficient (Wildman–Crippen LogP) is 1.73. The SMILES string of the molecule is COCCN(C1CC1)C1Cc2ccc(OC)cc2C1N. The zero-order valence-electron chi connectivity index (χ0n) is 12.3. The number of ether oxygens (including phenoxy) is 2. The third kappa shape index (κ3) is 2.55. The van der Waals surface area contributed by atoms with Gasteiger partial charge in [-0.05, 0) is 42.5 Å². The molecule has 0 amide bonds. The Labute approximate surface area is 120 Å². The molecular weight excluding hydrogens is 252 g/mol. The number of rotatable bonds is 6. The van der Waals surface area contributed by atoms with E-state index < -0.39 is 0 Å². The predicted molar refractivity (Wildman–Crippen MR) is 79.0 cm³/mol. The lowest BCUT2D eigenvalue weighted by atomic mass is 10.1. The van der Waals surface area contributed by atoms with Gasteiger partial charge < -0.3 is 15.2 Å². The van der Waals surface area contributed by atoms with Crippen molar-refractivity contribution in [2.24, 2.45) is 5.73 Å². The van der Waals surface area contributed by atoms with E-state index in [-0.39, 0.29) is 6.04 Å². The van der Waals surface area contributed by atoms with Crippen LogP contribution in [0.5, 0.6) is 5.75 Å². The summed E-state index contributed by atoms with van der Waals surface area (Å²) in [6.07, 6.45) is 3.64. The Morgan fingerprint density at radius 1 is 1.30 bits per heavy atom. The molecule has 2 N–H and O–H groups in total. The van der Waals surface area contributed by atoms with Gasteiger partial charge >= 0.3 is 0 Å². The molecule has 110 valence electrons. The lowest BCUT2D eigenvalue weighted by Gasteiger charge is -2.31. The molecule has 0 radical (unpaired) electrons. The summed E-state index contributed by atoms with van der Waals surface area (Å²) in [6.45, 7) is 1.75. The van der Waals surface area contributed by atoms with Crippen LogP contribution in [-0.4, -0.2) is 44.4 Å². The second kappa shape index (κ2) is 5.72. The van der Waals surface area contributed by atoms with E-state index in [1.807, 2.05) is 6.07 Å². The summed E-state index contributed by atoms with van der Waals surface area (Å²) >= 11 is 0. The Balaban J connectivity index is 1.78. The fraction of sp³-hybridized carbons (Fsp3) is 0.625. The molecule has 2 atom stereocenters. The molecule has 2 aliphatic rings. The molecule has 0 bridgehead atoms. The van der Waals surface area contributed by atoms with Crippen LogP contribution in [0.15, 0.2) is 18.2 Å². The summed E-state index contributed by atoms with van der Waals surface area (Å²) in [5.74, 6) is 0.898. The van der Waals surface area contributed by atoms with Crippen molar-refractivity contribution in [3.63, 3.8) is 0 Å². The van der Waals surface area contributed by atoms with Crippen LogP contribution >= 0.6 is 0 Å². The van der Waals surface area contributed by atoms with E-state index in [2.05, 4.69) is 17.0 Å². The van der Waals surface area contributed by atoms with Gasteiger partial charge in [-0.3, -0.25) is 4.90 Å². The van der Waals surface area contributed by atoms with Gasteiger partial charge in [-0.1, -0.05) is 6.07 Å². The van der Waals surface area contributed by atoms with Crippen molar-refractivity contribution in [3.8, 4) is 5.75 Å². The van der Waals surface area contributed by atoms with E-state index in [0.717, 1.165) is 25.3 Å². The Morgan fingerprint density at radius 3 is 2.75 bits per heavy atom. The average Bonchev–Trinajstić information content (AvgIpc) is 3.25. The minimum absolute atomic E-state index is 0.0811. The van der Waals surface area contributed by atoms with Gasteiger partial charge in [-0.2, -0.15) is 0 Å². The first-order valence-electron chi connectivity index (χ1n) is 7.41. The largest absolute Gasteiger partial charge is 0.497 e. The lowest BCUT2D eigenvalue weighted by Crippen LogP contribution is -2.44.